The molecule has 31 heavy (non-hydrogen) atoms. The Labute approximate surface area is 188 Å². The molecule has 2 N–H and O–H groups in total. The topological polar surface area (TPSA) is 57.5 Å². The number of hydrogen-bond acceptors (Lipinski definition) is 5. The Morgan fingerprint density at radius 2 is 2.03 bits per heavy atom. The van der Waals surface area contributed by atoms with E-state index >= 15 is 0 Å². The van der Waals surface area contributed by atoms with Crippen molar-refractivity contribution in [1.29, 1.82) is 0 Å². The monoisotopic (exact) mass is 436 g/mol. The molecule has 7 heteroatoms. The molecule has 0 amide bonds. The molecular formula is C24H29ClN6. The lowest BCUT2D eigenvalue weighted by atomic mass is 9.93. The smallest absolute Gasteiger partial charge is 0.138 e. The van der Waals surface area contributed by atoms with Crippen molar-refractivity contribution in [2.75, 3.05) is 24.5 Å². The molecule has 1 spiro atoms. The number of anilines is 1. The van der Waals surface area contributed by atoms with Gasteiger partial charge in [0.05, 0.1) is 23.5 Å². The van der Waals surface area contributed by atoms with Gasteiger partial charge in [-0.2, -0.15) is 0 Å². The van der Waals surface area contributed by atoms with Crippen molar-refractivity contribution in [2.45, 2.75) is 56.7 Å². The normalized spacial score (nSPS) is 25.3. The van der Waals surface area contributed by atoms with Crippen molar-refractivity contribution in [1.82, 2.24) is 25.0 Å². The quantitative estimate of drug-likeness (QED) is 0.644. The van der Waals surface area contributed by atoms with Gasteiger partial charge < -0.3 is 15.5 Å². The van der Waals surface area contributed by atoms with Crippen molar-refractivity contribution in [3.63, 3.8) is 0 Å². The van der Waals surface area contributed by atoms with Gasteiger partial charge in [0.2, 0.25) is 0 Å². The fourth-order valence-corrected chi connectivity index (χ4v) is 5.49. The van der Waals surface area contributed by atoms with Crippen LogP contribution in [0, 0.1) is 6.92 Å². The summed E-state index contributed by atoms with van der Waals surface area (Å²) in [5.74, 6) is 1.25. The zero-order valence-corrected chi connectivity index (χ0v) is 18.7. The standard InChI is InChI=1S/C24H29ClN6/c1-16-17(25)8-11-26-23(16)19-5-2-4-18(28-19)20-14-31-21(29-20)6-3-7-22(31)30-13-12-27-24(15-30)9-10-24/h3,6-8,11,14,18-19,27-28H,2,4-5,9-10,12-13,15H2,1H3/t18-,19+/m1/s1. The Hall–Kier alpha value is -2.15. The number of hydrogen-bond donors (Lipinski definition) is 2. The lowest BCUT2D eigenvalue weighted by Gasteiger charge is -2.35. The number of imidazole rings is 1. The first kappa shape index (κ1) is 19.5. The minimum atomic E-state index is 0.213. The van der Waals surface area contributed by atoms with E-state index in [0.717, 1.165) is 66.5 Å². The first-order chi connectivity index (χ1) is 15.1. The summed E-state index contributed by atoms with van der Waals surface area (Å²) in [6.45, 7) is 5.24. The number of fused-ring (bicyclic) bond motifs is 1. The van der Waals surface area contributed by atoms with Gasteiger partial charge in [-0.15, -0.1) is 0 Å². The maximum atomic E-state index is 6.36. The van der Waals surface area contributed by atoms with Crippen LogP contribution in [0.15, 0.2) is 36.7 Å². The molecule has 1 aliphatic carbocycles. The minimum Gasteiger partial charge on any atom is -0.355 e. The number of piperazine rings is 1. The van der Waals surface area contributed by atoms with Crippen LogP contribution >= 0.6 is 11.6 Å². The number of halogens is 1. The van der Waals surface area contributed by atoms with Gasteiger partial charge in [0, 0.05) is 42.6 Å². The summed E-state index contributed by atoms with van der Waals surface area (Å²) in [6.07, 6.45) is 9.95. The van der Waals surface area contributed by atoms with Crippen LogP contribution < -0.4 is 15.5 Å². The highest BCUT2D eigenvalue weighted by Gasteiger charge is 2.45. The van der Waals surface area contributed by atoms with E-state index in [1.165, 1.54) is 18.7 Å². The molecule has 3 fully saturated rings. The molecule has 2 saturated heterocycles. The summed E-state index contributed by atoms with van der Waals surface area (Å²) in [4.78, 5) is 12.2. The average molecular weight is 437 g/mol. The Morgan fingerprint density at radius 3 is 2.90 bits per heavy atom. The van der Waals surface area contributed by atoms with Crippen molar-refractivity contribution in [3.8, 4) is 0 Å². The van der Waals surface area contributed by atoms with E-state index in [1.807, 2.05) is 12.3 Å². The van der Waals surface area contributed by atoms with Gasteiger partial charge >= 0.3 is 0 Å². The largest absolute Gasteiger partial charge is 0.355 e. The number of rotatable bonds is 3. The number of nitrogens with zero attached hydrogens (tertiary/aromatic N) is 4. The summed E-state index contributed by atoms with van der Waals surface area (Å²) < 4.78 is 2.28. The Balaban J connectivity index is 1.29. The molecule has 162 valence electrons. The lowest BCUT2D eigenvalue weighted by molar-refractivity contribution is 0.321. The molecule has 1 saturated carbocycles. The molecule has 2 aliphatic heterocycles. The Morgan fingerprint density at radius 1 is 1.16 bits per heavy atom. The molecule has 3 aromatic rings. The molecule has 6 rings (SSSR count). The van der Waals surface area contributed by atoms with E-state index in [-0.39, 0.29) is 12.1 Å². The van der Waals surface area contributed by atoms with Crippen molar-refractivity contribution >= 4 is 23.1 Å². The molecule has 5 heterocycles. The average Bonchev–Trinajstić information content (AvgIpc) is 3.38. The molecule has 0 radical (unpaired) electrons. The van der Waals surface area contributed by atoms with Gasteiger partial charge in [0.15, 0.2) is 0 Å². The van der Waals surface area contributed by atoms with Gasteiger partial charge in [-0.1, -0.05) is 17.7 Å². The maximum absolute atomic E-state index is 6.36. The molecule has 6 nitrogen and oxygen atoms in total. The van der Waals surface area contributed by atoms with Crippen molar-refractivity contribution in [2.24, 2.45) is 0 Å². The summed E-state index contributed by atoms with van der Waals surface area (Å²) in [6, 6.07) is 8.79. The first-order valence-electron chi connectivity index (χ1n) is 11.5. The highest BCUT2D eigenvalue weighted by molar-refractivity contribution is 6.31. The summed E-state index contributed by atoms with van der Waals surface area (Å²) in [5.41, 5.74) is 4.64. The van der Waals surface area contributed by atoms with E-state index in [2.05, 4.69) is 56.2 Å². The Kier molecular flexibility index (Phi) is 4.70. The zero-order valence-electron chi connectivity index (χ0n) is 17.9. The predicted molar refractivity (Wildman–Crippen MR) is 124 cm³/mol. The number of pyridine rings is 2. The van der Waals surface area contributed by atoms with Crippen LogP contribution in [-0.4, -0.2) is 39.5 Å². The summed E-state index contributed by atoms with van der Waals surface area (Å²) in [5, 5.41) is 8.32. The number of nitrogens with one attached hydrogen (secondary N) is 2. The van der Waals surface area contributed by atoms with Crippen molar-refractivity contribution < 1.29 is 0 Å². The van der Waals surface area contributed by atoms with Crippen LogP contribution in [0.1, 0.15) is 61.1 Å². The van der Waals surface area contributed by atoms with Crippen LogP contribution in [-0.2, 0) is 0 Å². The van der Waals surface area contributed by atoms with Crippen LogP contribution in [0.4, 0.5) is 5.82 Å². The molecule has 3 aliphatic rings. The summed E-state index contributed by atoms with van der Waals surface area (Å²) in [7, 11) is 0. The molecule has 0 unspecified atom stereocenters. The third-order valence-electron chi connectivity index (χ3n) is 7.29. The number of piperidine rings is 1. The fraction of sp³-hybridized carbons (Fsp3) is 0.500. The summed E-state index contributed by atoms with van der Waals surface area (Å²) >= 11 is 6.36. The van der Waals surface area contributed by atoms with E-state index < -0.39 is 0 Å². The predicted octanol–water partition coefficient (Wildman–Crippen LogP) is 4.19. The molecule has 2 atom stereocenters. The zero-order chi connectivity index (χ0) is 21.0. The highest BCUT2D eigenvalue weighted by atomic mass is 35.5. The second-order valence-electron chi connectivity index (χ2n) is 9.41. The van der Waals surface area contributed by atoms with E-state index in [1.54, 1.807) is 0 Å². The van der Waals surface area contributed by atoms with E-state index in [0.29, 0.717) is 5.54 Å². The van der Waals surface area contributed by atoms with Crippen LogP contribution in [0.2, 0.25) is 5.02 Å². The van der Waals surface area contributed by atoms with Crippen molar-refractivity contribution in [3.05, 3.63) is 58.6 Å². The van der Waals surface area contributed by atoms with Crippen LogP contribution in [0.5, 0.6) is 0 Å². The van der Waals surface area contributed by atoms with Gasteiger partial charge in [-0.05, 0) is 62.8 Å². The van der Waals surface area contributed by atoms with Crippen LogP contribution in [0.3, 0.4) is 0 Å². The van der Waals surface area contributed by atoms with Gasteiger partial charge in [0.25, 0.3) is 0 Å². The first-order valence-corrected chi connectivity index (χ1v) is 11.8. The van der Waals surface area contributed by atoms with Crippen LogP contribution in [0.25, 0.3) is 5.65 Å². The second-order valence-corrected chi connectivity index (χ2v) is 9.82. The van der Waals surface area contributed by atoms with Gasteiger partial charge in [-0.25, -0.2) is 4.98 Å². The third kappa shape index (κ3) is 3.51. The third-order valence-corrected chi connectivity index (χ3v) is 7.70. The highest BCUT2D eigenvalue weighted by Crippen LogP contribution is 2.39. The minimum absolute atomic E-state index is 0.213. The number of aromatic nitrogens is 3. The SMILES string of the molecule is Cc1c(Cl)ccnc1[C@@H]1CCC[C@H](c2cn3c(N4CCNC5(CC5)C4)cccc3n2)N1. The molecular weight excluding hydrogens is 408 g/mol. The van der Waals surface area contributed by atoms with Gasteiger partial charge in [-0.3, -0.25) is 9.38 Å². The van der Waals surface area contributed by atoms with E-state index in [9.17, 15) is 0 Å². The Bertz CT molecular complexity index is 1120. The maximum Gasteiger partial charge on any atom is 0.138 e. The molecule has 3 aromatic heterocycles. The lowest BCUT2D eigenvalue weighted by Crippen LogP contribution is -2.53. The molecule has 0 bridgehead atoms. The molecule has 0 aromatic carbocycles. The van der Waals surface area contributed by atoms with Gasteiger partial charge in [0.1, 0.15) is 11.5 Å². The fourth-order valence-electron chi connectivity index (χ4n) is 5.34. The second kappa shape index (κ2) is 7.47. The van der Waals surface area contributed by atoms with E-state index in [4.69, 9.17) is 16.6 Å².